The Morgan fingerprint density at radius 3 is 2.50 bits per heavy atom. The SMILES string of the molecule is CC(=O)C(=O)[C@H]1CCCCN1C. The Kier molecular flexibility index (Phi) is 2.98. The Morgan fingerprint density at radius 1 is 1.33 bits per heavy atom. The standard InChI is InChI=1S/C9H15NO2/c1-7(11)9(12)8-5-3-4-6-10(8)2/h8H,3-6H2,1-2H3/t8-/m1/s1. The summed E-state index contributed by atoms with van der Waals surface area (Å²) in [5, 5.41) is 0. The molecule has 0 N–H and O–H groups in total. The topological polar surface area (TPSA) is 37.4 Å². The lowest BCUT2D eigenvalue weighted by Crippen LogP contribution is -2.44. The maximum Gasteiger partial charge on any atom is 0.215 e. The van der Waals surface area contributed by atoms with E-state index in [4.69, 9.17) is 0 Å². The predicted octanol–water partition coefficient (Wildman–Crippen LogP) is 0.629. The summed E-state index contributed by atoms with van der Waals surface area (Å²) in [6, 6.07) is -0.142. The zero-order chi connectivity index (χ0) is 9.14. The van der Waals surface area contributed by atoms with Gasteiger partial charge in [-0.25, -0.2) is 0 Å². The molecule has 3 nitrogen and oxygen atoms in total. The Balaban J connectivity index is 2.59. The highest BCUT2D eigenvalue weighted by molar-refractivity contribution is 6.38. The van der Waals surface area contributed by atoms with Gasteiger partial charge in [0.15, 0.2) is 5.78 Å². The molecule has 0 aromatic heterocycles. The molecule has 1 saturated heterocycles. The average Bonchev–Trinajstić information content (AvgIpc) is 2.04. The van der Waals surface area contributed by atoms with Crippen LogP contribution >= 0.6 is 0 Å². The average molecular weight is 169 g/mol. The number of carbonyl (C=O) groups is 2. The van der Waals surface area contributed by atoms with Gasteiger partial charge in [0.05, 0.1) is 6.04 Å². The molecular weight excluding hydrogens is 154 g/mol. The van der Waals surface area contributed by atoms with E-state index in [1.165, 1.54) is 6.92 Å². The smallest absolute Gasteiger partial charge is 0.215 e. The van der Waals surface area contributed by atoms with Gasteiger partial charge >= 0.3 is 0 Å². The summed E-state index contributed by atoms with van der Waals surface area (Å²) in [5.41, 5.74) is 0. The number of Topliss-reactive ketones (excluding diaryl/α,β-unsaturated/α-hetero) is 2. The third-order valence-corrected chi connectivity index (χ3v) is 2.42. The second-order valence-electron chi connectivity index (χ2n) is 3.41. The van der Waals surface area contributed by atoms with E-state index in [2.05, 4.69) is 0 Å². The normalized spacial score (nSPS) is 25.3. The highest BCUT2D eigenvalue weighted by Gasteiger charge is 2.27. The summed E-state index contributed by atoms with van der Waals surface area (Å²) >= 11 is 0. The van der Waals surface area contributed by atoms with Crippen LogP contribution in [0.5, 0.6) is 0 Å². The first-order valence-electron chi connectivity index (χ1n) is 4.38. The molecule has 3 heteroatoms. The second-order valence-corrected chi connectivity index (χ2v) is 3.41. The van der Waals surface area contributed by atoms with Crippen molar-refractivity contribution in [3.63, 3.8) is 0 Å². The van der Waals surface area contributed by atoms with Crippen LogP contribution < -0.4 is 0 Å². The van der Waals surface area contributed by atoms with Crippen molar-refractivity contribution in [2.75, 3.05) is 13.6 Å². The van der Waals surface area contributed by atoms with Gasteiger partial charge in [-0.1, -0.05) is 6.42 Å². The second kappa shape index (κ2) is 3.81. The summed E-state index contributed by atoms with van der Waals surface area (Å²) in [7, 11) is 1.91. The largest absolute Gasteiger partial charge is 0.296 e. The molecule has 0 aromatic carbocycles. The molecular formula is C9H15NO2. The van der Waals surface area contributed by atoms with Gasteiger partial charge in [-0.15, -0.1) is 0 Å². The van der Waals surface area contributed by atoms with E-state index in [0.29, 0.717) is 0 Å². The van der Waals surface area contributed by atoms with E-state index in [-0.39, 0.29) is 17.6 Å². The molecule has 12 heavy (non-hydrogen) atoms. The van der Waals surface area contributed by atoms with E-state index in [9.17, 15) is 9.59 Å². The van der Waals surface area contributed by atoms with Crippen molar-refractivity contribution >= 4 is 11.6 Å². The van der Waals surface area contributed by atoms with E-state index in [1.807, 2.05) is 11.9 Å². The van der Waals surface area contributed by atoms with Gasteiger partial charge in [0.25, 0.3) is 0 Å². The summed E-state index contributed by atoms with van der Waals surface area (Å²) < 4.78 is 0. The third-order valence-electron chi connectivity index (χ3n) is 2.42. The Morgan fingerprint density at radius 2 is 2.00 bits per heavy atom. The molecule has 0 saturated carbocycles. The van der Waals surface area contributed by atoms with Gasteiger partial charge in [0.2, 0.25) is 5.78 Å². The van der Waals surface area contributed by atoms with Crippen LogP contribution in [0.15, 0.2) is 0 Å². The van der Waals surface area contributed by atoms with Crippen molar-refractivity contribution in [3.05, 3.63) is 0 Å². The Labute approximate surface area is 72.7 Å². The van der Waals surface area contributed by atoms with Crippen LogP contribution in [0, 0.1) is 0 Å². The van der Waals surface area contributed by atoms with Crippen molar-refractivity contribution in [2.24, 2.45) is 0 Å². The lowest BCUT2D eigenvalue weighted by atomic mass is 9.97. The number of piperidine rings is 1. The summed E-state index contributed by atoms with van der Waals surface area (Å²) in [4.78, 5) is 24.1. The third kappa shape index (κ3) is 1.91. The minimum atomic E-state index is -0.311. The molecule has 0 aliphatic carbocycles. The zero-order valence-electron chi connectivity index (χ0n) is 7.67. The van der Waals surface area contributed by atoms with Crippen LogP contribution in [0.1, 0.15) is 26.2 Å². The van der Waals surface area contributed by atoms with Crippen molar-refractivity contribution in [2.45, 2.75) is 32.2 Å². The van der Waals surface area contributed by atoms with E-state index >= 15 is 0 Å². The number of likely N-dealkylation sites (tertiary alicyclic amines) is 1. The van der Waals surface area contributed by atoms with Crippen molar-refractivity contribution in [1.82, 2.24) is 4.90 Å². The number of carbonyl (C=O) groups excluding carboxylic acids is 2. The quantitative estimate of drug-likeness (QED) is 0.569. The first-order valence-corrected chi connectivity index (χ1v) is 4.38. The predicted molar refractivity (Wildman–Crippen MR) is 46.0 cm³/mol. The van der Waals surface area contributed by atoms with Gasteiger partial charge < -0.3 is 0 Å². The van der Waals surface area contributed by atoms with Gasteiger partial charge in [-0.2, -0.15) is 0 Å². The van der Waals surface area contributed by atoms with Crippen LogP contribution in [0.3, 0.4) is 0 Å². The maximum atomic E-state index is 11.3. The van der Waals surface area contributed by atoms with E-state index in [1.54, 1.807) is 0 Å². The van der Waals surface area contributed by atoms with Crippen molar-refractivity contribution < 1.29 is 9.59 Å². The molecule has 0 unspecified atom stereocenters. The van der Waals surface area contributed by atoms with Gasteiger partial charge in [-0.05, 0) is 26.4 Å². The number of rotatable bonds is 2. The number of nitrogens with zero attached hydrogens (tertiary/aromatic N) is 1. The van der Waals surface area contributed by atoms with Crippen LogP contribution in [0.2, 0.25) is 0 Å². The Hall–Kier alpha value is -0.700. The molecule has 68 valence electrons. The Bertz CT molecular complexity index is 201. The van der Waals surface area contributed by atoms with E-state index in [0.717, 1.165) is 25.8 Å². The van der Waals surface area contributed by atoms with E-state index < -0.39 is 0 Å². The molecule has 0 amide bonds. The monoisotopic (exact) mass is 169 g/mol. The highest BCUT2D eigenvalue weighted by atomic mass is 16.2. The van der Waals surface area contributed by atoms with Crippen LogP contribution in [-0.4, -0.2) is 36.1 Å². The summed E-state index contributed by atoms with van der Waals surface area (Å²) in [6.45, 7) is 2.29. The highest BCUT2D eigenvalue weighted by Crippen LogP contribution is 2.15. The van der Waals surface area contributed by atoms with Gasteiger partial charge in [-0.3, -0.25) is 14.5 Å². The first kappa shape index (κ1) is 9.39. The van der Waals surface area contributed by atoms with Crippen molar-refractivity contribution in [3.8, 4) is 0 Å². The zero-order valence-corrected chi connectivity index (χ0v) is 7.67. The molecule has 0 spiro atoms. The lowest BCUT2D eigenvalue weighted by Gasteiger charge is -2.30. The fourth-order valence-corrected chi connectivity index (χ4v) is 1.64. The maximum absolute atomic E-state index is 11.3. The molecule has 1 fully saturated rings. The van der Waals surface area contributed by atoms with Gasteiger partial charge in [0.1, 0.15) is 0 Å². The fraction of sp³-hybridized carbons (Fsp3) is 0.778. The summed E-state index contributed by atoms with van der Waals surface area (Å²) in [5.74, 6) is -0.536. The minimum Gasteiger partial charge on any atom is -0.296 e. The number of likely N-dealkylation sites (N-methyl/N-ethyl adjacent to an activating group) is 1. The molecule has 0 bridgehead atoms. The molecule has 1 heterocycles. The van der Waals surface area contributed by atoms with Crippen LogP contribution in [0.4, 0.5) is 0 Å². The molecule has 1 aliphatic heterocycles. The van der Waals surface area contributed by atoms with Crippen LogP contribution in [-0.2, 0) is 9.59 Å². The minimum absolute atomic E-state index is 0.142. The molecule has 1 rings (SSSR count). The van der Waals surface area contributed by atoms with Crippen LogP contribution in [0.25, 0.3) is 0 Å². The molecule has 0 aromatic rings. The molecule has 1 aliphatic rings. The van der Waals surface area contributed by atoms with Gasteiger partial charge in [0, 0.05) is 6.92 Å². The lowest BCUT2D eigenvalue weighted by molar-refractivity contribution is -0.139. The number of hydrogen-bond donors (Lipinski definition) is 0. The summed E-state index contributed by atoms with van der Waals surface area (Å²) in [6.07, 6.45) is 3.04. The molecule has 0 radical (unpaired) electrons. The fourth-order valence-electron chi connectivity index (χ4n) is 1.64. The number of ketones is 2. The van der Waals surface area contributed by atoms with Crippen molar-refractivity contribution in [1.29, 1.82) is 0 Å². The molecule has 1 atom stereocenters. The number of hydrogen-bond acceptors (Lipinski definition) is 3. The first-order chi connectivity index (χ1) is 5.63.